The van der Waals surface area contributed by atoms with Crippen molar-refractivity contribution in [3.8, 4) is 11.5 Å². The van der Waals surface area contributed by atoms with Crippen molar-refractivity contribution in [2.24, 2.45) is 5.92 Å². The molecule has 0 saturated carbocycles. The highest BCUT2D eigenvalue weighted by Gasteiger charge is 2.28. The first-order valence-corrected chi connectivity index (χ1v) is 12.3. The normalized spacial score (nSPS) is 15.7. The number of amides is 2. The molecule has 0 radical (unpaired) electrons. The van der Waals surface area contributed by atoms with E-state index in [-0.39, 0.29) is 34.7 Å². The summed E-state index contributed by atoms with van der Waals surface area (Å²) < 4.78 is 25.6. The Morgan fingerprint density at radius 3 is 2.69 bits per heavy atom. The average Bonchev–Trinajstić information content (AvgIpc) is 3.27. The molecule has 1 aliphatic heterocycles. The van der Waals surface area contributed by atoms with Crippen LogP contribution in [0, 0.1) is 11.7 Å². The summed E-state index contributed by atoms with van der Waals surface area (Å²) in [6.45, 7) is 13.4. The molecule has 0 aliphatic carbocycles. The van der Waals surface area contributed by atoms with Gasteiger partial charge >= 0.3 is 6.09 Å². The Labute approximate surface area is 212 Å². The van der Waals surface area contributed by atoms with Crippen LogP contribution in [0.25, 0.3) is 0 Å². The van der Waals surface area contributed by atoms with Gasteiger partial charge in [-0.15, -0.1) is 0 Å². The molecule has 3 rings (SSSR count). The van der Waals surface area contributed by atoms with Crippen LogP contribution >= 0.6 is 0 Å². The van der Waals surface area contributed by atoms with Gasteiger partial charge in [0.05, 0.1) is 18.4 Å². The Morgan fingerprint density at radius 1 is 1.28 bits per heavy atom. The van der Waals surface area contributed by atoms with E-state index in [9.17, 15) is 14.0 Å². The van der Waals surface area contributed by atoms with Crippen molar-refractivity contribution in [1.82, 2.24) is 20.2 Å². The van der Waals surface area contributed by atoms with E-state index in [2.05, 4.69) is 15.3 Å². The average molecular weight is 502 g/mol. The lowest BCUT2D eigenvalue weighted by Crippen LogP contribution is -2.41. The first-order valence-electron chi connectivity index (χ1n) is 12.3. The summed E-state index contributed by atoms with van der Waals surface area (Å²) in [5.74, 6) is 0.448. The molecule has 1 aromatic heterocycles. The van der Waals surface area contributed by atoms with Crippen LogP contribution in [-0.2, 0) is 4.74 Å². The van der Waals surface area contributed by atoms with Crippen LogP contribution in [0.15, 0.2) is 30.7 Å². The second-order valence-electron chi connectivity index (χ2n) is 10.2. The minimum atomic E-state index is -0.520. The first kappa shape index (κ1) is 27.2. The Hall–Kier alpha value is -3.43. The first-order chi connectivity index (χ1) is 17.0. The van der Waals surface area contributed by atoms with E-state index in [1.807, 2.05) is 46.4 Å². The van der Waals surface area contributed by atoms with Crippen LogP contribution in [0.4, 0.5) is 15.0 Å². The van der Waals surface area contributed by atoms with Crippen LogP contribution in [0.1, 0.15) is 58.3 Å². The van der Waals surface area contributed by atoms with Gasteiger partial charge in [0.15, 0.2) is 11.6 Å². The zero-order chi connectivity index (χ0) is 26.5. The Kier molecular flexibility index (Phi) is 8.70. The van der Waals surface area contributed by atoms with Gasteiger partial charge in [-0.3, -0.25) is 4.79 Å². The smallest absolute Gasteiger partial charge is 0.407 e. The van der Waals surface area contributed by atoms with Crippen LogP contribution in [-0.4, -0.2) is 64.7 Å². The molecule has 0 unspecified atom stereocenters. The number of benzene rings is 1. The van der Waals surface area contributed by atoms with Gasteiger partial charge in [-0.05, 0) is 66.2 Å². The van der Waals surface area contributed by atoms with E-state index in [0.717, 1.165) is 6.42 Å². The topological polar surface area (TPSA) is 96.9 Å². The molecular formula is C26H36FN5O4. The number of ether oxygens (including phenoxy) is 2. The summed E-state index contributed by atoms with van der Waals surface area (Å²) >= 11 is 0. The third-order valence-electron chi connectivity index (χ3n) is 5.79. The fourth-order valence-electron chi connectivity index (χ4n) is 4.09. The minimum Gasteiger partial charge on any atom is -0.451 e. The molecule has 2 amide bonds. The van der Waals surface area contributed by atoms with Crippen LogP contribution in [0.3, 0.4) is 0 Å². The highest BCUT2D eigenvalue weighted by molar-refractivity contribution is 5.97. The molecule has 2 heterocycles. The Balaban J connectivity index is 1.75. The monoisotopic (exact) mass is 501 g/mol. The standard InChI is InChI=1S/C26H36FN5O4/c1-7-32(17(2)3)24(33)20-12-19(27)8-9-21(20)36-22-13-28-16-29-23(22)31-11-10-18(14-31)15-35-25(34)30-26(4,5)6/h8-9,12-13,16-18H,7,10-11,14-15H2,1-6H3,(H,30,34)/t18-/m0/s1. The second-order valence-corrected chi connectivity index (χ2v) is 10.2. The number of nitrogens with one attached hydrogen (secondary N) is 1. The number of hydrogen-bond donors (Lipinski definition) is 1. The van der Waals surface area contributed by atoms with E-state index in [4.69, 9.17) is 9.47 Å². The lowest BCUT2D eigenvalue weighted by Gasteiger charge is -2.26. The van der Waals surface area contributed by atoms with Gasteiger partial charge in [0.1, 0.15) is 17.9 Å². The Bertz CT molecular complexity index is 1070. The minimum absolute atomic E-state index is 0.0523. The zero-order valence-corrected chi connectivity index (χ0v) is 21.9. The predicted octanol–water partition coefficient (Wildman–Crippen LogP) is 4.63. The van der Waals surface area contributed by atoms with E-state index in [0.29, 0.717) is 37.8 Å². The van der Waals surface area contributed by atoms with Gasteiger partial charge in [0.2, 0.25) is 0 Å². The third kappa shape index (κ3) is 7.05. The summed E-state index contributed by atoms with van der Waals surface area (Å²) in [6, 6.07) is 3.84. The molecule has 1 aliphatic rings. The maximum absolute atomic E-state index is 14.1. The van der Waals surface area contributed by atoms with Gasteiger partial charge in [-0.25, -0.2) is 19.2 Å². The molecule has 0 spiro atoms. The molecule has 196 valence electrons. The fourth-order valence-corrected chi connectivity index (χ4v) is 4.09. The summed E-state index contributed by atoms with van der Waals surface area (Å²) in [5, 5.41) is 2.79. The number of anilines is 1. The summed E-state index contributed by atoms with van der Waals surface area (Å²) in [5.41, 5.74) is -0.228. The van der Waals surface area contributed by atoms with Gasteiger partial charge in [0.25, 0.3) is 5.91 Å². The van der Waals surface area contributed by atoms with Crippen LogP contribution in [0.5, 0.6) is 11.5 Å². The largest absolute Gasteiger partial charge is 0.451 e. The van der Waals surface area contributed by atoms with Crippen molar-refractivity contribution in [1.29, 1.82) is 0 Å². The fraction of sp³-hybridized carbons (Fsp3) is 0.538. The van der Waals surface area contributed by atoms with Gasteiger partial charge in [-0.1, -0.05) is 0 Å². The van der Waals surface area contributed by atoms with Gasteiger partial charge in [-0.2, -0.15) is 0 Å². The number of aromatic nitrogens is 2. The number of carbonyl (C=O) groups is 2. The summed E-state index contributed by atoms with van der Waals surface area (Å²) in [6.07, 6.45) is 3.33. The van der Waals surface area contributed by atoms with Crippen molar-refractivity contribution < 1.29 is 23.5 Å². The van der Waals surface area contributed by atoms with E-state index >= 15 is 0 Å². The van der Waals surface area contributed by atoms with Crippen LogP contribution in [0.2, 0.25) is 0 Å². The number of hydrogen-bond acceptors (Lipinski definition) is 7. The quantitative estimate of drug-likeness (QED) is 0.563. The van der Waals surface area contributed by atoms with Crippen molar-refractivity contribution >= 4 is 17.8 Å². The molecule has 36 heavy (non-hydrogen) atoms. The number of rotatable bonds is 8. The van der Waals surface area contributed by atoms with E-state index < -0.39 is 11.9 Å². The van der Waals surface area contributed by atoms with Crippen molar-refractivity contribution in [3.05, 3.63) is 42.1 Å². The zero-order valence-electron chi connectivity index (χ0n) is 21.9. The predicted molar refractivity (Wildman–Crippen MR) is 135 cm³/mol. The van der Waals surface area contributed by atoms with E-state index in [1.165, 1.54) is 30.7 Å². The molecule has 9 nitrogen and oxygen atoms in total. The number of nitrogens with zero attached hydrogens (tertiary/aromatic N) is 4. The highest BCUT2D eigenvalue weighted by Crippen LogP contribution is 2.35. The van der Waals surface area contributed by atoms with E-state index in [1.54, 1.807) is 4.90 Å². The number of carbonyl (C=O) groups excluding carboxylic acids is 2. The molecule has 1 fully saturated rings. The highest BCUT2D eigenvalue weighted by atomic mass is 19.1. The molecular weight excluding hydrogens is 465 g/mol. The molecule has 1 saturated heterocycles. The lowest BCUT2D eigenvalue weighted by molar-refractivity contribution is 0.0713. The van der Waals surface area contributed by atoms with Gasteiger partial charge < -0.3 is 24.6 Å². The van der Waals surface area contributed by atoms with Crippen LogP contribution < -0.4 is 15.0 Å². The number of alkyl carbamates (subject to hydrolysis) is 1. The number of halogens is 1. The molecule has 1 N–H and O–H groups in total. The van der Waals surface area contributed by atoms with Crippen molar-refractivity contribution in [2.45, 2.75) is 59.5 Å². The third-order valence-corrected chi connectivity index (χ3v) is 5.79. The molecule has 0 bridgehead atoms. The SMILES string of the molecule is CCN(C(=O)c1cc(F)ccc1Oc1cncnc1N1CC[C@H](COC(=O)NC(C)(C)C)C1)C(C)C. The van der Waals surface area contributed by atoms with Crippen molar-refractivity contribution in [2.75, 3.05) is 31.1 Å². The van der Waals surface area contributed by atoms with Gasteiger partial charge in [0, 0.05) is 37.1 Å². The Morgan fingerprint density at radius 2 is 2.03 bits per heavy atom. The summed E-state index contributed by atoms with van der Waals surface area (Å²) in [4.78, 5) is 37.3. The maximum atomic E-state index is 14.1. The van der Waals surface area contributed by atoms with Crippen molar-refractivity contribution in [3.63, 3.8) is 0 Å². The molecule has 2 aromatic rings. The maximum Gasteiger partial charge on any atom is 0.407 e. The summed E-state index contributed by atoms with van der Waals surface area (Å²) in [7, 11) is 0. The molecule has 1 atom stereocenters. The molecule has 1 aromatic carbocycles. The molecule has 10 heteroatoms. The lowest BCUT2D eigenvalue weighted by atomic mass is 10.1. The second kappa shape index (κ2) is 11.5.